The van der Waals surface area contributed by atoms with Gasteiger partial charge in [-0.05, 0) is 42.8 Å². The van der Waals surface area contributed by atoms with Gasteiger partial charge in [0, 0.05) is 19.2 Å². The van der Waals surface area contributed by atoms with Crippen molar-refractivity contribution in [1.82, 2.24) is 16.1 Å². The SMILES string of the molecule is CNC(=S)NN=C(CCCNC(=O)c1ccccc1)c1ccccc1. The van der Waals surface area contributed by atoms with Crippen molar-refractivity contribution in [2.75, 3.05) is 13.6 Å². The van der Waals surface area contributed by atoms with Crippen LogP contribution in [0.5, 0.6) is 0 Å². The van der Waals surface area contributed by atoms with Crippen LogP contribution < -0.4 is 16.1 Å². The van der Waals surface area contributed by atoms with Crippen LogP contribution in [0.3, 0.4) is 0 Å². The van der Waals surface area contributed by atoms with E-state index >= 15 is 0 Å². The van der Waals surface area contributed by atoms with Crippen molar-refractivity contribution >= 4 is 28.9 Å². The maximum Gasteiger partial charge on any atom is 0.251 e. The van der Waals surface area contributed by atoms with E-state index in [1.54, 1.807) is 19.2 Å². The fraction of sp³-hybridized carbons (Fsp3) is 0.211. The average molecular weight is 354 g/mol. The molecule has 5 nitrogen and oxygen atoms in total. The highest BCUT2D eigenvalue weighted by Gasteiger charge is 2.06. The van der Waals surface area contributed by atoms with E-state index in [-0.39, 0.29) is 5.91 Å². The summed E-state index contributed by atoms with van der Waals surface area (Å²) in [5.41, 5.74) is 5.42. The summed E-state index contributed by atoms with van der Waals surface area (Å²) in [6.07, 6.45) is 1.50. The third-order valence-electron chi connectivity index (χ3n) is 3.54. The molecule has 0 aliphatic carbocycles. The molecule has 1 amide bonds. The number of amides is 1. The summed E-state index contributed by atoms with van der Waals surface area (Å²) in [6.45, 7) is 0.579. The molecule has 0 fully saturated rings. The molecule has 0 saturated heterocycles. The van der Waals surface area contributed by atoms with Crippen LogP contribution in [0, 0.1) is 0 Å². The van der Waals surface area contributed by atoms with Crippen molar-refractivity contribution < 1.29 is 4.79 Å². The first-order chi connectivity index (χ1) is 12.2. The van der Waals surface area contributed by atoms with Crippen LogP contribution in [0.25, 0.3) is 0 Å². The summed E-state index contributed by atoms with van der Waals surface area (Å²) < 4.78 is 0. The summed E-state index contributed by atoms with van der Waals surface area (Å²) in [6, 6.07) is 19.1. The van der Waals surface area contributed by atoms with Gasteiger partial charge in [-0.1, -0.05) is 48.5 Å². The molecule has 2 aromatic rings. The summed E-state index contributed by atoms with van der Waals surface area (Å²) in [5, 5.41) is 10.6. The molecule has 0 aliphatic rings. The maximum absolute atomic E-state index is 12.0. The highest BCUT2D eigenvalue weighted by atomic mass is 32.1. The zero-order valence-electron chi connectivity index (χ0n) is 14.2. The lowest BCUT2D eigenvalue weighted by Gasteiger charge is -2.09. The minimum atomic E-state index is -0.0618. The van der Waals surface area contributed by atoms with Gasteiger partial charge in [0.1, 0.15) is 0 Å². The van der Waals surface area contributed by atoms with Crippen LogP contribution in [-0.4, -0.2) is 30.3 Å². The standard InChI is InChI=1S/C19H22N4OS/c1-20-19(25)23-22-17(15-9-4-2-5-10-15)13-8-14-21-18(24)16-11-6-3-7-12-16/h2-7,9-12H,8,13-14H2,1H3,(H,21,24)(H2,20,23,25). The average Bonchev–Trinajstić information content (AvgIpc) is 2.68. The van der Waals surface area contributed by atoms with E-state index in [0.717, 1.165) is 24.1 Å². The van der Waals surface area contributed by atoms with Crippen molar-refractivity contribution in [2.45, 2.75) is 12.8 Å². The fourth-order valence-corrected chi connectivity index (χ4v) is 2.26. The fourth-order valence-electron chi connectivity index (χ4n) is 2.22. The largest absolute Gasteiger partial charge is 0.364 e. The molecule has 0 unspecified atom stereocenters. The Morgan fingerprint density at radius 2 is 1.60 bits per heavy atom. The topological polar surface area (TPSA) is 65.5 Å². The molecule has 2 rings (SSSR count). The normalized spacial score (nSPS) is 10.8. The van der Waals surface area contributed by atoms with Gasteiger partial charge < -0.3 is 10.6 Å². The first-order valence-corrected chi connectivity index (χ1v) is 8.54. The molecule has 3 N–H and O–H groups in total. The highest BCUT2D eigenvalue weighted by molar-refractivity contribution is 7.80. The molecule has 25 heavy (non-hydrogen) atoms. The minimum absolute atomic E-state index is 0.0618. The number of nitrogens with zero attached hydrogens (tertiary/aromatic N) is 1. The summed E-state index contributed by atoms with van der Waals surface area (Å²) in [4.78, 5) is 12.0. The predicted molar refractivity (Wildman–Crippen MR) is 106 cm³/mol. The van der Waals surface area contributed by atoms with E-state index in [1.807, 2.05) is 48.5 Å². The van der Waals surface area contributed by atoms with Crippen molar-refractivity contribution in [3.63, 3.8) is 0 Å². The second-order valence-electron chi connectivity index (χ2n) is 5.34. The van der Waals surface area contributed by atoms with E-state index < -0.39 is 0 Å². The van der Waals surface area contributed by atoms with Crippen molar-refractivity contribution in [2.24, 2.45) is 5.10 Å². The van der Waals surface area contributed by atoms with Gasteiger partial charge in [0.2, 0.25) is 0 Å². The number of carbonyl (C=O) groups excluding carboxylic acids is 1. The van der Waals surface area contributed by atoms with Crippen LogP contribution in [0.2, 0.25) is 0 Å². The molecular weight excluding hydrogens is 332 g/mol. The molecule has 0 saturated carbocycles. The van der Waals surface area contributed by atoms with Crippen LogP contribution in [0.1, 0.15) is 28.8 Å². The second-order valence-corrected chi connectivity index (χ2v) is 5.75. The van der Waals surface area contributed by atoms with Gasteiger partial charge in [0.05, 0.1) is 5.71 Å². The van der Waals surface area contributed by atoms with Gasteiger partial charge in [0.15, 0.2) is 5.11 Å². The van der Waals surface area contributed by atoms with Gasteiger partial charge in [0.25, 0.3) is 5.91 Å². The number of carbonyl (C=O) groups is 1. The highest BCUT2D eigenvalue weighted by Crippen LogP contribution is 2.06. The predicted octanol–water partition coefficient (Wildman–Crippen LogP) is 2.69. The number of rotatable bonds is 7. The maximum atomic E-state index is 12.0. The van der Waals surface area contributed by atoms with E-state index in [2.05, 4.69) is 21.2 Å². The summed E-state index contributed by atoms with van der Waals surface area (Å²) >= 11 is 5.06. The zero-order chi connectivity index (χ0) is 17.9. The molecule has 130 valence electrons. The molecule has 0 bridgehead atoms. The molecule has 0 heterocycles. The van der Waals surface area contributed by atoms with Crippen LogP contribution in [0.4, 0.5) is 0 Å². The molecular formula is C19H22N4OS. The number of benzene rings is 2. The summed E-state index contributed by atoms with van der Waals surface area (Å²) in [5.74, 6) is -0.0618. The van der Waals surface area contributed by atoms with Crippen LogP contribution in [-0.2, 0) is 0 Å². The molecule has 2 aromatic carbocycles. The Morgan fingerprint density at radius 3 is 2.20 bits per heavy atom. The Hall–Kier alpha value is -2.73. The van der Waals surface area contributed by atoms with Gasteiger partial charge in [-0.2, -0.15) is 5.10 Å². The van der Waals surface area contributed by atoms with Crippen molar-refractivity contribution in [3.05, 3.63) is 71.8 Å². The van der Waals surface area contributed by atoms with Gasteiger partial charge in [-0.3, -0.25) is 10.2 Å². The third kappa shape index (κ3) is 6.35. The second kappa shape index (κ2) is 10.2. The Morgan fingerprint density at radius 1 is 1.00 bits per heavy atom. The lowest BCUT2D eigenvalue weighted by molar-refractivity contribution is 0.0953. The number of nitrogens with one attached hydrogen (secondary N) is 3. The van der Waals surface area contributed by atoms with Crippen LogP contribution in [0.15, 0.2) is 65.8 Å². The zero-order valence-corrected chi connectivity index (χ0v) is 15.0. The monoisotopic (exact) mass is 354 g/mol. The van der Waals surface area contributed by atoms with E-state index in [1.165, 1.54) is 0 Å². The lowest BCUT2D eigenvalue weighted by Crippen LogP contribution is -2.30. The van der Waals surface area contributed by atoms with E-state index in [4.69, 9.17) is 12.2 Å². The number of thiocarbonyl (C=S) groups is 1. The van der Waals surface area contributed by atoms with Gasteiger partial charge in [-0.15, -0.1) is 0 Å². The smallest absolute Gasteiger partial charge is 0.251 e. The van der Waals surface area contributed by atoms with Gasteiger partial charge >= 0.3 is 0 Å². The molecule has 0 spiro atoms. The van der Waals surface area contributed by atoms with Crippen molar-refractivity contribution in [3.8, 4) is 0 Å². The summed E-state index contributed by atoms with van der Waals surface area (Å²) in [7, 11) is 1.74. The number of hydrazone groups is 1. The van der Waals surface area contributed by atoms with Gasteiger partial charge in [-0.25, -0.2) is 0 Å². The Bertz CT molecular complexity index is 717. The molecule has 6 heteroatoms. The minimum Gasteiger partial charge on any atom is -0.364 e. The molecule has 0 aromatic heterocycles. The van der Waals surface area contributed by atoms with Crippen molar-refractivity contribution in [1.29, 1.82) is 0 Å². The molecule has 0 atom stereocenters. The Balaban J connectivity index is 1.89. The first-order valence-electron chi connectivity index (χ1n) is 8.13. The molecule has 0 radical (unpaired) electrons. The Labute approximate surface area is 153 Å². The van der Waals surface area contributed by atoms with E-state index in [9.17, 15) is 4.79 Å². The molecule has 0 aliphatic heterocycles. The van der Waals surface area contributed by atoms with E-state index in [0.29, 0.717) is 17.2 Å². The Kier molecular flexibility index (Phi) is 7.59. The third-order valence-corrected chi connectivity index (χ3v) is 3.83. The first kappa shape index (κ1) is 18.6. The number of hydrogen-bond acceptors (Lipinski definition) is 3. The number of hydrogen-bond donors (Lipinski definition) is 3. The van der Waals surface area contributed by atoms with Crippen LogP contribution >= 0.6 is 12.2 Å². The lowest BCUT2D eigenvalue weighted by atomic mass is 10.1. The quantitative estimate of drug-likeness (QED) is 0.310.